The number of hydrogen-bond donors (Lipinski definition) is 0. The van der Waals surface area contributed by atoms with E-state index >= 15 is 0 Å². The zero-order valence-electron chi connectivity index (χ0n) is 29.0. The number of para-hydroxylation sites is 2. The summed E-state index contributed by atoms with van der Waals surface area (Å²) >= 11 is 0. The first-order valence-corrected chi connectivity index (χ1v) is 17.8. The predicted octanol–water partition coefficient (Wildman–Crippen LogP) is 11.9. The average molecular weight is 667 g/mol. The lowest BCUT2D eigenvalue weighted by atomic mass is 9.80. The number of pyridine rings is 1. The van der Waals surface area contributed by atoms with Gasteiger partial charge in [-0.05, 0) is 70.8 Å². The zero-order valence-corrected chi connectivity index (χ0v) is 29.0. The molecule has 1 aliphatic carbocycles. The minimum atomic E-state index is -0.272. The minimum Gasteiger partial charge on any atom is -0.309 e. The van der Waals surface area contributed by atoms with Crippen molar-refractivity contribution in [1.82, 2.24) is 19.5 Å². The van der Waals surface area contributed by atoms with Crippen molar-refractivity contribution in [3.63, 3.8) is 0 Å². The molecule has 0 N–H and O–H groups in total. The van der Waals surface area contributed by atoms with Crippen molar-refractivity contribution < 1.29 is 0 Å². The van der Waals surface area contributed by atoms with Crippen LogP contribution in [-0.4, -0.2) is 19.5 Å². The summed E-state index contributed by atoms with van der Waals surface area (Å²) in [6.45, 7) is 4.60. The molecule has 3 aromatic heterocycles. The molecule has 0 saturated carbocycles. The lowest BCUT2D eigenvalue weighted by Gasteiger charge is -2.24. The number of nitrogens with zero attached hydrogens (tertiary/aromatic N) is 4. The number of rotatable bonds is 5. The summed E-state index contributed by atoms with van der Waals surface area (Å²) in [6.07, 6.45) is 3.70. The number of hydrogen-bond acceptors (Lipinski definition) is 3. The molecule has 3 heterocycles. The molecule has 52 heavy (non-hydrogen) atoms. The fraction of sp³-hybridized carbons (Fsp3) is 0.0625. The topological polar surface area (TPSA) is 43.6 Å². The SMILES string of the molecule is CC1(C)c2ccccc2-c2nc(-c3cccc(-c4cccnc4)c3)nc(-c3cccc(-c4ccc5c(c4)c4ccccc4n5-c4ccccc4)c3)c21. The van der Waals surface area contributed by atoms with Gasteiger partial charge in [0.15, 0.2) is 5.82 Å². The van der Waals surface area contributed by atoms with Gasteiger partial charge >= 0.3 is 0 Å². The molecule has 6 aromatic carbocycles. The van der Waals surface area contributed by atoms with Crippen LogP contribution in [0.2, 0.25) is 0 Å². The molecule has 10 rings (SSSR count). The molecule has 4 heteroatoms. The van der Waals surface area contributed by atoms with Crippen molar-refractivity contribution in [2.24, 2.45) is 0 Å². The van der Waals surface area contributed by atoms with Gasteiger partial charge in [0.05, 0.1) is 22.4 Å². The highest BCUT2D eigenvalue weighted by atomic mass is 15.0. The lowest BCUT2D eigenvalue weighted by molar-refractivity contribution is 0.658. The highest BCUT2D eigenvalue weighted by Crippen LogP contribution is 2.51. The van der Waals surface area contributed by atoms with Crippen LogP contribution in [0.15, 0.2) is 170 Å². The van der Waals surface area contributed by atoms with Gasteiger partial charge in [0.25, 0.3) is 0 Å². The maximum Gasteiger partial charge on any atom is 0.160 e. The van der Waals surface area contributed by atoms with Crippen molar-refractivity contribution in [2.75, 3.05) is 0 Å². The van der Waals surface area contributed by atoms with Crippen LogP contribution in [-0.2, 0) is 5.41 Å². The van der Waals surface area contributed by atoms with E-state index < -0.39 is 0 Å². The third-order valence-electron chi connectivity index (χ3n) is 10.7. The number of aromatic nitrogens is 4. The molecule has 0 unspecified atom stereocenters. The lowest BCUT2D eigenvalue weighted by Crippen LogP contribution is -2.17. The molecule has 0 atom stereocenters. The normalized spacial score (nSPS) is 13.0. The fourth-order valence-electron chi connectivity index (χ4n) is 8.18. The van der Waals surface area contributed by atoms with Crippen molar-refractivity contribution in [2.45, 2.75) is 19.3 Å². The van der Waals surface area contributed by atoms with E-state index in [4.69, 9.17) is 9.97 Å². The minimum absolute atomic E-state index is 0.272. The molecular weight excluding hydrogens is 633 g/mol. The van der Waals surface area contributed by atoms with Gasteiger partial charge in [0.1, 0.15) is 0 Å². The van der Waals surface area contributed by atoms with Crippen LogP contribution < -0.4 is 0 Å². The molecule has 0 saturated heterocycles. The Labute approximate surface area is 302 Å². The Kier molecular flexibility index (Phi) is 6.80. The molecule has 1 aliphatic rings. The van der Waals surface area contributed by atoms with E-state index in [2.05, 4.69) is 175 Å². The van der Waals surface area contributed by atoms with E-state index in [1.807, 2.05) is 12.3 Å². The first-order valence-electron chi connectivity index (χ1n) is 17.8. The first-order chi connectivity index (χ1) is 25.5. The fourth-order valence-corrected chi connectivity index (χ4v) is 8.18. The van der Waals surface area contributed by atoms with Gasteiger partial charge in [-0.15, -0.1) is 0 Å². The van der Waals surface area contributed by atoms with E-state index in [1.165, 1.54) is 44.1 Å². The van der Waals surface area contributed by atoms with Gasteiger partial charge in [0.2, 0.25) is 0 Å². The quantitative estimate of drug-likeness (QED) is 0.184. The van der Waals surface area contributed by atoms with Gasteiger partial charge in [-0.2, -0.15) is 0 Å². The smallest absolute Gasteiger partial charge is 0.160 e. The Morgan fingerprint density at radius 2 is 1.13 bits per heavy atom. The Morgan fingerprint density at radius 1 is 0.481 bits per heavy atom. The Balaban J connectivity index is 1.15. The predicted molar refractivity (Wildman–Crippen MR) is 213 cm³/mol. The van der Waals surface area contributed by atoms with Crippen LogP contribution in [0.3, 0.4) is 0 Å². The molecule has 0 radical (unpaired) electrons. The number of fused-ring (bicyclic) bond motifs is 6. The monoisotopic (exact) mass is 666 g/mol. The highest BCUT2D eigenvalue weighted by molar-refractivity contribution is 6.10. The summed E-state index contributed by atoms with van der Waals surface area (Å²) in [5, 5.41) is 2.48. The van der Waals surface area contributed by atoms with Crippen LogP contribution in [0.25, 0.3) is 83.6 Å². The summed E-state index contributed by atoms with van der Waals surface area (Å²) in [5.74, 6) is 0.715. The molecule has 9 aromatic rings. The van der Waals surface area contributed by atoms with Crippen LogP contribution in [0.4, 0.5) is 0 Å². The van der Waals surface area contributed by atoms with Crippen molar-refractivity contribution in [1.29, 1.82) is 0 Å². The van der Waals surface area contributed by atoms with Crippen LogP contribution in [0, 0.1) is 0 Å². The van der Waals surface area contributed by atoms with Gasteiger partial charge in [-0.1, -0.05) is 123 Å². The molecule has 4 nitrogen and oxygen atoms in total. The maximum absolute atomic E-state index is 5.43. The highest BCUT2D eigenvalue weighted by Gasteiger charge is 2.40. The van der Waals surface area contributed by atoms with E-state index in [1.54, 1.807) is 6.20 Å². The van der Waals surface area contributed by atoms with Crippen molar-refractivity contribution in [3.8, 4) is 61.8 Å². The number of benzene rings is 6. The summed E-state index contributed by atoms with van der Waals surface area (Å²) in [7, 11) is 0. The van der Waals surface area contributed by atoms with Crippen LogP contribution in [0.1, 0.15) is 25.0 Å². The van der Waals surface area contributed by atoms with Gasteiger partial charge < -0.3 is 4.57 Å². The van der Waals surface area contributed by atoms with Gasteiger partial charge in [-0.25, -0.2) is 9.97 Å². The average Bonchev–Trinajstić information content (AvgIpc) is 3.66. The van der Waals surface area contributed by atoms with Gasteiger partial charge in [-0.3, -0.25) is 4.98 Å². The summed E-state index contributed by atoms with van der Waals surface area (Å²) in [4.78, 5) is 15.1. The third-order valence-corrected chi connectivity index (χ3v) is 10.7. The first kappa shape index (κ1) is 30.2. The molecule has 246 valence electrons. The molecule has 0 spiro atoms. The van der Waals surface area contributed by atoms with Gasteiger partial charge in [0, 0.05) is 62.1 Å². The summed E-state index contributed by atoms with van der Waals surface area (Å²) in [6, 6.07) is 56.2. The third kappa shape index (κ3) is 4.72. The second kappa shape index (κ2) is 11.7. The van der Waals surface area contributed by atoms with E-state index in [-0.39, 0.29) is 5.41 Å². The molecule has 0 fully saturated rings. The van der Waals surface area contributed by atoms with Crippen molar-refractivity contribution >= 4 is 21.8 Å². The summed E-state index contributed by atoms with van der Waals surface area (Å²) < 4.78 is 2.36. The second-order valence-corrected chi connectivity index (χ2v) is 14.1. The zero-order chi connectivity index (χ0) is 34.8. The maximum atomic E-state index is 5.43. The molecular formula is C48H34N4. The standard InChI is InChI=1S/C48H34N4/c1-48(2)41-22-8-6-21-39(41)46-44(48)45(50-47(51-46)35-16-11-14-32(28-35)36-17-12-26-49-30-36)34-15-10-13-31(27-34)33-24-25-43-40(29-33)38-20-7-9-23-42(38)52(43)37-18-4-3-5-19-37/h3-30H,1-2H3. The Bertz CT molecular complexity index is 2810. The Morgan fingerprint density at radius 3 is 1.98 bits per heavy atom. The van der Waals surface area contributed by atoms with Crippen molar-refractivity contribution in [3.05, 3.63) is 181 Å². The Hall–Kier alpha value is -6.65. The largest absolute Gasteiger partial charge is 0.309 e. The van der Waals surface area contributed by atoms with E-state index in [9.17, 15) is 0 Å². The molecule has 0 amide bonds. The molecule has 0 aliphatic heterocycles. The van der Waals surface area contributed by atoms with E-state index in [0.717, 1.165) is 44.9 Å². The summed E-state index contributed by atoms with van der Waals surface area (Å²) in [5.41, 5.74) is 15.4. The second-order valence-electron chi connectivity index (χ2n) is 14.1. The van der Waals surface area contributed by atoms with Crippen LogP contribution >= 0.6 is 0 Å². The van der Waals surface area contributed by atoms with Crippen LogP contribution in [0.5, 0.6) is 0 Å². The molecule has 0 bridgehead atoms. The van der Waals surface area contributed by atoms with E-state index in [0.29, 0.717) is 5.82 Å².